The van der Waals surface area contributed by atoms with Gasteiger partial charge in [-0.15, -0.1) is 5.10 Å². The fourth-order valence-corrected chi connectivity index (χ4v) is 3.71. The quantitative estimate of drug-likeness (QED) is 0.908. The molecule has 3 unspecified atom stereocenters. The third-order valence-corrected chi connectivity index (χ3v) is 4.77. The van der Waals surface area contributed by atoms with Crippen LogP contribution in [0.1, 0.15) is 45.7 Å². The molecule has 0 saturated heterocycles. The first-order valence-electron chi connectivity index (χ1n) is 7.45. The zero-order valence-corrected chi connectivity index (χ0v) is 13.0. The van der Waals surface area contributed by atoms with Crippen molar-refractivity contribution in [2.24, 2.45) is 24.3 Å². The molecular weight excluding hydrogens is 236 g/mol. The number of nitrogens with zero attached hydrogens (tertiary/aromatic N) is 3. The molecule has 0 aromatic carbocycles. The fourth-order valence-electron chi connectivity index (χ4n) is 3.71. The smallest absolute Gasteiger partial charge is 0.0832 e. The molecule has 1 fully saturated rings. The lowest BCUT2D eigenvalue weighted by molar-refractivity contribution is 0.0972. The van der Waals surface area contributed by atoms with Crippen LogP contribution in [0, 0.1) is 17.3 Å². The van der Waals surface area contributed by atoms with E-state index >= 15 is 0 Å². The molecule has 0 bridgehead atoms. The van der Waals surface area contributed by atoms with Gasteiger partial charge in [0.1, 0.15) is 0 Å². The van der Waals surface area contributed by atoms with Crippen molar-refractivity contribution in [3.05, 3.63) is 11.9 Å². The van der Waals surface area contributed by atoms with Gasteiger partial charge in [0.05, 0.1) is 5.69 Å². The van der Waals surface area contributed by atoms with Gasteiger partial charge in [-0.1, -0.05) is 32.4 Å². The van der Waals surface area contributed by atoms with Gasteiger partial charge in [-0.2, -0.15) is 0 Å². The number of hydrogen-bond donors (Lipinski definition) is 1. The molecular formula is C15H28N4. The van der Waals surface area contributed by atoms with Crippen molar-refractivity contribution in [1.82, 2.24) is 20.3 Å². The van der Waals surface area contributed by atoms with Crippen molar-refractivity contribution < 1.29 is 0 Å². The van der Waals surface area contributed by atoms with Gasteiger partial charge in [0.25, 0.3) is 0 Å². The highest BCUT2D eigenvalue weighted by molar-refractivity contribution is 5.01. The summed E-state index contributed by atoms with van der Waals surface area (Å²) in [4.78, 5) is 0. The summed E-state index contributed by atoms with van der Waals surface area (Å²) in [5, 5.41) is 11.8. The zero-order valence-electron chi connectivity index (χ0n) is 13.0. The van der Waals surface area contributed by atoms with Crippen LogP contribution < -0.4 is 5.32 Å². The van der Waals surface area contributed by atoms with Gasteiger partial charge in [-0.05, 0) is 43.6 Å². The molecule has 1 N–H and O–H groups in total. The van der Waals surface area contributed by atoms with E-state index in [0.29, 0.717) is 6.04 Å². The predicted octanol–water partition coefficient (Wildman–Crippen LogP) is 2.41. The van der Waals surface area contributed by atoms with Gasteiger partial charge >= 0.3 is 0 Å². The number of rotatable bonds is 4. The van der Waals surface area contributed by atoms with Crippen LogP contribution in [0.4, 0.5) is 0 Å². The second-order valence-electron chi connectivity index (χ2n) is 6.97. The van der Waals surface area contributed by atoms with E-state index < -0.39 is 0 Å². The summed E-state index contributed by atoms with van der Waals surface area (Å²) in [5.74, 6) is 1.57. The minimum absolute atomic E-state index is 0.268. The molecule has 1 aliphatic carbocycles. The average Bonchev–Trinajstić information content (AvgIpc) is 2.73. The molecule has 2 rings (SSSR count). The van der Waals surface area contributed by atoms with Gasteiger partial charge < -0.3 is 5.32 Å². The van der Waals surface area contributed by atoms with Crippen LogP contribution >= 0.6 is 0 Å². The standard InChI is InChI=1S/C15H28N4/c1-11-6-7-13(14(8-11)16-4)15(2,3)9-12-10-19(5)18-17-12/h10-11,13-14,16H,6-9H2,1-5H3. The van der Waals surface area contributed by atoms with E-state index in [-0.39, 0.29) is 5.41 Å². The van der Waals surface area contributed by atoms with Crippen LogP contribution in [0.2, 0.25) is 0 Å². The summed E-state index contributed by atoms with van der Waals surface area (Å²) in [7, 11) is 4.04. The molecule has 1 aromatic rings. The SMILES string of the molecule is CNC1CC(C)CCC1C(C)(C)Cc1cn(C)nn1. The van der Waals surface area contributed by atoms with Crippen molar-refractivity contribution >= 4 is 0 Å². The number of aromatic nitrogens is 3. The largest absolute Gasteiger partial charge is 0.317 e. The van der Waals surface area contributed by atoms with Crippen molar-refractivity contribution in [3.63, 3.8) is 0 Å². The second-order valence-corrected chi connectivity index (χ2v) is 6.97. The molecule has 1 aliphatic rings. The van der Waals surface area contributed by atoms with Gasteiger partial charge in [0.2, 0.25) is 0 Å². The molecule has 1 heterocycles. The Morgan fingerprint density at radius 2 is 2.16 bits per heavy atom. The Labute approximate surface area is 117 Å². The molecule has 108 valence electrons. The highest BCUT2D eigenvalue weighted by atomic mass is 15.4. The summed E-state index contributed by atoms with van der Waals surface area (Å²) in [6, 6.07) is 0.635. The first kappa shape index (κ1) is 14.5. The monoisotopic (exact) mass is 264 g/mol. The predicted molar refractivity (Wildman–Crippen MR) is 77.8 cm³/mol. The maximum absolute atomic E-state index is 4.25. The Kier molecular flexibility index (Phi) is 4.29. The number of hydrogen-bond acceptors (Lipinski definition) is 3. The minimum atomic E-state index is 0.268. The summed E-state index contributed by atoms with van der Waals surface area (Å²) in [6.07, 6.45) is 7.03. The third kappa shape index (κ3) is 3.35. The van der Waals surface area contributed by atoms with Crippen molar-refractivity contribution in [3.8, 4) is 0 Å². The molecule has 1 aromatic heterocycles. The van der Waals surface area contributed by atoms with Crippen molar-refractivity contribution in [2.75, 3.05) is 7.05 Å². The lowest BCUT2D eigenvalue weighted by Gasteiger charge is -2.44. The molecule has 0 spiro atoms. The lowest BCUT2D eigenvalue weighted by Crippen LogP contribution is -2.46. The first-order chi connectivity index (χ1) is 8.92. The minimum Gasteiger partial charge on any atom is -0.317 e. The van der Waals surface area contributed by atoms with Gasteiger partial charge in [0, 0.05) is 19.3 Å². The Morgan fingerprint density at radius 3 is 2.74 bits per heavy atom. The molecule has 0 amide bonds. The van der Waals surface area contributed by atoms with Crippen molar-refractivity contribution in [1.29, 1.82) is 0 Å². The maximum atomic E-state index is 4.25. The normalized spacial score (nSPS) is 28.6. The average molecular weight is 264 g/mol. The topological polar surface area (TPSA) is 42.7 Å². The first-order valence-corrected chi connectivity index (χ1v) is 7.45. The van der Waals surface area contributed by atoms with E-state index in [1.165, 1.54) is 19.3 Å². The van der Waals surface area contributed by atoms with Gasteiger partial charge in [-0.25, -0.2) is 0 Å². The van der Waals surface area contributed by atoms with E-state index in [4.69, 9.17) is 0 Å². The van der Waals surface area contributed by atoms with Crippen LogP contribution in [-0.2, 0) is 13.5 Å². The summed E-state index contributed by atoms with van der Waals surface area (Å²) in [5.41, 5.74) is 1.38. The summed E-state index contributed by atoms with van der Waals surface area (Å²) in [6.45, 7) is 7.13. The highest BCUT2D eigenvalue weighted by Crippen LogP contribution is 2.41. The molecule has 0 radical (unpaired) electrons. The van der Waals surface area contributed by atoms with Gasteiger partial charge in [0.15, 0.2) is 0 Å². The van der Waals surface area contributed by atoms with Crippen LogP contribution in [0.15, 0.2) is 6.20 Å². The van der Waals surface area contributed by atoms with E-state index in [1.807, 2.05) is 13.2 Å². The number of aryl methyl sites for hydroxylation is 1. The highest BCUT2D eigenvalue weighted by Gasteiger charge is 2.38. The Balaban J connectivity index is 2.09. The van der Waals surface area contributed by atoms with E-state index in [1.54, 1.807) is 4.68 Å². The number of nitrogens with one attached hydrogen (secondary N) is 1. The third-order valence-electron chi connectivity index (χ3n) is 4.77. The maximum Gasteiger partial charge on any atom is 0.0832 e. The van der Waals surface area contributed by atoms with Crippen LogP contribution in [0.25, 0.3) is 0 Å². The van der Waals surface area contributed by atoms with Crippen LogP contribution in [0.3, 0.4) is 0 Å². The molecule has 4 heteroatoms. The molecule has 1 saturated carbocycles. The Hall–Kier alpha value is -0.900. The zero-order chi connectivity index (χ0) is 14.0. The van der Waals surface area contributed by atoms with Gasteiger partial charge in [-0.3, -0.25) is 4.68 Å². The molecule has 4 nitrogen and oxygen atoms in total. The Morgan fingerprint density at radius 1 is 1.42 bits per heavy atom. The Bertz CT molecular complexity index is 410. The molecule has 19 heavy (non-hydrogen) atoms. The van der Waals surface area contributed by atoms with Crippen LogP contribution in [0.5, 0.6) is 0 Å². The summed E-state index contributed by atoms with van der Waals surface area (Å²) >= 11 is 0. The molecule has 3 atom stereocenters. The summed E-state index contributed by atoms with van der Waals surface area (Å²) < 4.78 is 1.80. The lowest BCUT2D eigenvalue weighted by atomic mass is 9.65. The molecule has 0 aliphatic heterocycles. The van der Waals surface area contributed by atoms with Crippen LogP contribution in [-0.4, -0.2) is 28.1 Å². The van der Waals surface area contributed by atoms with E-state index in [9.17, 15) is 0 Å². The van der Waals surface area contributed by atoms with E-state index in [2.05, 4.69) is 43.4 Å². The second kappa shape index (κ2) is 5.61. The fraction of sp³-hybridized carbons (Fsp3) is 0.867. The van der Waals surface area contributed by atoms with E-state index in [0.717, 1.165) is 24.0 Å². The van der Waals surface area contributed by atoms with Crippen molar-refractivity contribution in [2.45, 2.75) is 52.5 Å².